The number of nitrogens with one attached hydrogen (secondary N) is 2. The van der Waals surface area contributed by atoms with Gasteiger partial charge in [-0.05, 0) is 12.3 Å². The molecule has 0 aromatic carbocycles. The van der Waals surface area contributed by atoms with Crippen LogP contribution in [0.15, 0.2) is 0 Å². The predicted molar refractivity (Wildman–Crippen MR) is 49.8 cm³/mol. The normalized spacial score (nSPS) is 12.5. The molecule has 3 nitrogen and oxygen atoms in total. The van der Waals surface area contributed by atoms with Crippen LogP contribution >= 0.6 is 0 Å². The van der Waals surface area contributed by atoms with Gasteiger partial charge in [0.1, 0.15) is 0 Å². The lowest BCUT2D eigenvalue weighted by molar-refractivity contribution is 0.245. The lowest BCUT2D eigenvalue weighted by Crippen LogP contribution is -2.27. The number of rotatable bonds is 6. The first-order valence-electron chi connectivity index (χ1n) is 4.66. The maximum Gasteiger partial charge on any atom is 0.333 e. The van der Waals surface area contributed by atoms with E-state index >= 15 is 0 Å². The van der Waals surface area contributed by atoms with Crippen molar-refractivity contribution in [1.82, 2.24) is 11.1 Å². The van der Waals surface area contributed by atoms with E-state index in [0.29, 0.717) is 12.5 Å². The smallest absolute Gasteiger partial charge is 0.333 e. The minimum atomic E-state index is -0.669. The molecule has 2 N–H and O–H groups in total. The Morgan fingerprint density at radius 1 is 1.50 bits per heavy atom. The zero-order valence-electron chi connectivity index (χ0n) is 8.02. The molecule has 0 aliphatic heterocycles. The van der Waals surface area contributed by atoms with E-state index in [2.05, 4.69) is 19.2 Å². The molecule has 0 saturated carbocycles. The second-order valence-corrected chi connectivity index (χ2v) is 3.31. The number of carbonyl (C=O) groups is 1. The summed E-state index contributed by atoms with van der Waals surface area (Å²) in [5.41, 5.74) is 6.63. The van der Waals surface area contributed by atoms with Crippen molar-refractivity contribution >= 4 is 6.03 Å². The molecule has 12 heavy (non-hydrogen) atoms. The van der Waals surface area contributed by atoms with Crippen LogP contribution in [-0.4, -0.2) is 12.6 Å². The number of unbranched alkanes of at least 4 members (excludes halogenated alkanes) is 2. The Balaban J connectivity index is 3.21. The predicted octanol–water partition coefficient (Wildman–Crippen LogP) is 2.20. The summed E-state index contributed by atoms with van der Waals surface area (Å²) >= 11 is 0. The highest BCUT2D eigenvalue weighted by atomic mass is 16.2. The average molecular weight is 171 g/mol. The number of amides is 2. The summed E-state index contributed by atoms with van der Waals surface area (Å²) in [7, 11) is 0. The minimum Gasteiger partial charge on any atom is -0.336 e. The van der Waals surface area contributed by atoms with E-state index < -0.39 is 6.03 Å². The molecule has 0 aromatic heterocycles. The molecule has 0 aromatic rings. The van der Waals surface area contributed by atoms with Crippen LogP contribution in [0.25, 0.3) is 0 Å². The third-order valence-electron chi connectivity index (χ3n) is 1.91. The molecule has 0 aliphatic carbocycles. The molecule has 0 saturated heterocycles. The molecule has 0 spiro atoms. The van der Waals surface area contributed by atoms with Crippen molar-refractivity contribution in [3.8, 4) is 0 Å². The number of carbonyl (C=O) groups excluding carboxylic acids is 1. The minimum absolute atomic E-state index is 0.505. The van der Waals surface area contributed by atoms with Crippen LogP contribution in [0.1, 0.15) is 39.5 Å². The highest BCUT2D eigenvalue weighted by Crippen LogP contribution is 2.07. The Labute approximate surface area is 74.7 Å². The van der Waals surface area contributed by atoms with Crippen molar-refractivity contribution in [1.29, 1.82) is 0 Å². The zero-order valence-corrected chi connectivity index (χ0v) is 8.02. The van der Waals surface area contributed by atoms with Crippen molar-refractivity contribution in [3.63, 3.8) is 0 Å². The first-order chi connectivity index (χ1) is 5.66. The van der Waals surface area contributed by atoms with Gasteiger partial charge in [0.2, 0.25) is 0 Å². The van der Waals surface area contributed by atoms with Gasteiger partial charge in [0.05, 0.1) is 0 Å². The van der Waals surface area contributed by atoms with Crippen LogP contribution in [0.5, 0.6) is 0 Å². The molecule has 3 heteroatoms. The van der Waals surface area contributed by atoms with Crippen molar-refractivity contribution in [3.05, 3.63) is 0 Å². The van der Waals surface area contributed by atoms with Gasteiger partial charge >= 0.3 is 6.03 Å². The Morgan fingerprint density at radius 2 is 2.17 bits per heavy atom. The summed E-state index contributed by atoms with van der Waals surface area (Å²) in [6.45, 7) is 4.92. The summed E-state index contributed by atoms with van der Waals surface area (Å²) in [6, 6.07) is -0.669. The van der Waals surface area contributed by atoms with Gasteiger partial charge in [-0.3, -0.25) is 0 Å². The van der Waals surface area contributed by atoms with Gasteiger partial charge < -0.3 is 5.32 Å². The quantitative estimate of drug-likeness (QED) is 0.612. The molecule has 0 bridgehead atoms. The summed E-state index contributed by atoms with van der Waals surface area (Å²) in [6.07, 6.45) is 4.87. The van der Waals surface area contributed by atoms with Gasteiger partial charge in [0, 0.05) is 6.54 Å². The Hall–Kier alpha value is -0.730. The molecule has 1 atom stereocenters. The van der Waals surface area contributed by atoms with E-state index in [-0.39, 0.29) is 0 Å². The molecule has 1 unspecified atom stereocenters. The monoisotopic (exact) mass is 171 g/mol. The second-order valence-electron chi connectivity index (χ2n) is 3.31. The molecule has 71 valence electrons. The zero-order chi connectivity index (χ0) is 9.40. The first-order valence-corrected chi connectivity index (χ1v) is 4.66. The highest BCUT2D eigenvalue weighted by Gasteiger charge is 2.02. The van der Waals surface area contributed by atoms with E-state index in [1.54, 1.807) is 0 Å². The Kier molecular flexibility index (Phi) is 6.53. The molecule has 0 rings (SSSR count). The first kappa shape index (κ1) is 11.3. The average Bonchev–Trinajstić information content (AvgIpc) is 2.01. The van der Waals surface area contributed by atoms with Crippen molar-refractivity contribution in [2.75, 3.05) is 6.54 Å². The molecule has 0 heterocycles. The molecule has 0 aliphatic rings. The third kappa shape index (κ3) is 7.38. The summed E-state index contributed by atoms with van der Waals surface area (Å²) in [5.74, 6) is 0.505. The van der Waals surface area contributed by atoms with Crippen LogP contribution in [-0.2, 0) is 0 Å². The van der Waals surface area contributed by atoms with Gasteiger partial charge in [-0.1, -0.05) is 33.1 Å². The molecular formula is C9H19N2O. The van der Waals surface area contributed by atoms with Crippen LogP contribution in [0, 0.1) is 5.92 Å². The maximum atomic E-state index is 10.2. The molecule has 0 fully saturated rings. The van der Waals surface area contributed by atoms with Crippen LogP contribution in [0.2, 0.25) is 0 Å². The second kappa shape index (κ2) is 6.95. The van der Waals surface area contributed by atoms with Gasteiger partial charge in [-0.15, -0.1) is 0 Å². The standard InChI is InChI=1S/C9H19N2O/c1-3-4-5-6-8(2)7-11-9(10)12/h8,10H,3-7H2,1-2H3,(H,11,12). The number of hydrogen-bond acceptors (Lipinski definition) is 1. The number of urea groups is 1. The Morgan fingerprint density at radius 3 is 2.67 bits per heavy atom. The third-order valence-corrected chi connectivity index (χ3v) is 1.91. The molecule has 2 amide bonds. The van der Waals surface area contributed by atoms with Crippen molar-refractivity contribution in [2.24, 2.45) is 5.92 Å². The van der Waals surface area contributed by atoms with Gasteiger partial charge in [0.15, 0.2) is 0 Å². The highest BCUT2D eigenvalue weighted by molar-refractivity contribution is 5.70. The molecule has 1 radical (unpaired) electrons. The SMILES string of the molecule is CCCCCC(C)CNC([NH])=O. The topological polar surface area (TPSA) is 52.9 Å². The van der Waals surface area contributed by atoms with E-state index in [9.17, 15) is 4.79 Å². The number of hydrogen-bond donors (Lipinski definition) is 1. The van der Waals surface area contributed by atoms with E-state index in [0.717, 1.165) is 6.42 Å². The van der Waals surface area contributed by atoms with Crippen LogP contribution in [0.4, 0.5) is 4.79 Å². The summed E-state index contributed by atoms with van der Waals surface area (Å²) in [5, 5.41) is 2.50. The van der Waals surface area contributed by atoms with Crippen molar-refractivity contribution < 1.29 is 4.79 Å². The van der Waals surface area contributed by atoms with Crippen LogP contribution < -0.4 is 11.1 Å². The fraction of sp³-hybridized carbons (Fsp3) is 0.889. The van der Waals surface area contributed by atoms with Crippen LogP contribution in [0.3, 0.4) is 0 Å². The van der Waals surface area contributed by atoms with Gasteiger partial charge in [0.25, 0.3) is 0 Å². The summed E-state index contributed by atoms with van der Waals surface area (Å²) < 4.78 is 0. The largest absolute Gasteiger partial charge is 0.336 e. The van der Waals surface area contributed by atoms with Gasteiger partial charge in [-0.25, -0.2) is 10.5 Å². The van der Waals surface area contributed by atoms with E-state index in [4.69, 9.17) is 5.73 Å². The summed E-state index contributed by atoms with van der Waals surface area (Å²) in [4.78, 5) is 10.2. The Bertz CT molecular complexity index is 126. The van der Waals surface area contributed by atoms with Gasteiger partial charge in [-0.2, -0.15) is 0 Å². The van der Waals surface area contributed by atoms with Crippen molar-refractivity contribution in [2.45, 2.75) is 39.5 Å². The molecular weight excluding hydrogens is 152 g/mol. The maximum absolute atomic E-state index is 10.2. The lowest BCUT2D eigenvalue weighted by Gasteiger charge is -2.10. The fourth-order valence-electron chi connectivity index (χ4n) is 1.11. The lowest BCUT2D eigenvalue weighted by atomic mass is 10.0. The van der Waals surface area contributed by atoms with E-state index in [1.807, 2.05) is 0 Å². The fourth-order valence-corrected chi connectivity index (χ4v) is 1.11. The van der Waals surface area contributed by atoms with E-state index in [1.165, 1.54) is 19.3 Å².